The molecular formula is C18H27N5O3. The molecule has 2 aliphatic heterocycles. The molecule has 8 heteroatoms. The van der Waals surface area contributed by atoms with E-state index in [9.17, 15) is 14.7 Å². The number of carboxylic acid groups (broad SMARTS) is 1. The molecule has 2 fully saturated rings. The molecule has 1 atom stereocenters. The number of anilines is 1. The molecule has 2 saturated heterocycles. The highest BCUT2D eigenvalue weighted by Crippen LogP contribution is 2.42. The Balaban J connectivity index is 1.60. The fourth-order valence-corrected chi connectivity index (χ4v) is 4.11. The molecule has 1 amide bonds. The van der Waals surface area contributed by atoms with Crippen molar-refractivity contribution in [1.29, 1.82) is 0 Å². The normalized spacial score (nSPS) is 22.8. The topological polar surface area (TPSA) is 98.7 Å². The van der Waals surface area contributed by atoms with Crippen molar-refractivity contribution in [3.63, 3.8) is 0 Å². The van der Waals surface area contributed by atoms with Gasteiger partial charge in [-0.15, -0.1) is 0 Å². The fraction of sp³-hybridized carbons (Fsp3) is 0.667. The second kappa shape index (κ2) is 7.57. The Kier molecular flexibility index (Phi) is 5.41. The molecule has 1 spiro atoms. The summed E-state index contributed by atoms with van der Waals surface area (Å²) in [5.74, 6) is -0.882. The van der Waals surface area contributed by atoms with Gasteiger partial charge in [-0.2, -0.15) is 0 Å². The maximum absolute atomic E-state index is 12.1. The summed E-state index contributed by atoms with van der Waals surface area (Å²) in [5, 5.41) is 12.7. The lowest BCUT2D eigenvalue weighted by Crippen LogP contribution is -2.55. The zero-order chi connectivity index (χ0) is 18.7. The van der Waals surface area contributed by atoms with Crippen LogP contribution >= 0.6 is 0 Å². The summed E-state index contributed by atoms with van der Waals surface area (Å²) in [6.07, 6.45) is 6.18. The number of rotatable bonds is 6. The summed E-state index contributed by atoms with van der Waals surface area (Å²) >= 11 is 0. The van der Waals surface area contributed by atoms with Crippen LogP contribution in [0.5, 0.6) is 0 Å². The van der Waals surface area contributed by atoms with Gasteiger partial charge in [0.25, 0.3) is 0 Å². The first-order valence-electron chi connectivity index (χ1n) is 9.23. The molecule has 8 nitrogen and oxygen atoms in total. The summed E-state index contributed by atoms with van der Waals surface area (Å²) in [4.78, 5) is 36.3. The van der Waals surface area contributed by atoms with E-state index in [0.29, 0.717) is 18.8 Å². The third-order valence-corrected chi connectivity index (χ3v) is 5.73. The molecule has 0 aromatic carbocycles. The summed E-state index contributed by atoms with van der Waals surface area (Å²) in [6, 6.07) is 0. The Labute approximate surface area is 153 Å². The van der Waals surface area contributed by atoms with Crippen molar-refractivity contribution in [2.45, 2.75) is 44.7 Å². The molecule has 0 unspecified atom stereocenters. The van der Waals surface area contributed by atoms with E-state index in [1.54, 1.807) is 11.9 Å². The number of likely N-dealkylation sites (tertiary alicyclic amines) is 2. The number of hydrogen-bond acceptors (Lipinski definition) is 6. The first-order chi connectivity index (χ1) is 12.5. The smallest absolute Gasteiger partial charge is 0.309 e. The maximum Gasteiger partial charge on any atom is 0.309 e. The average Bonchev–Trinajstić information content (AvgIpc) is 2.88. The van der Waals surface area contributed by atoms with E-state index in [4.69, 9.17) is 0 Å². The number of nitrogens with zero attached hydrogens (tertiary/aromatic N) is 4. The van der Waals surface area contributed by atoms with Crippen LogP contribution in [0.15, 0.2) is 12.4 Å². The zero-order valence-electron chi connectivity index (χ0n) is 15.4. The molecule has 0 aliphatic carbocycles. The molecule has 0 radical (unpaired) electrons. The lowest BCUT2D eigenvalue weighted by Gasteiger charge is -2.45. The van der Waals surface area contributed by atoms with Crippen LogP contribution in [0.3, 0.4) is 0 Å². The fourth-order valence-electron chi connectivity index (χ4n) is 4.11. The molecule has 0 saturated carbocycles. The van der Waals surface area contributed by atoms with Gasteiger partial charge in [0.2, 0.25) is 11.9 Å². The van der Waals surface area contributed by atoms with E-state index in [1.807, 2.05) is 12.4 Å². The van der Waals surface area contributed by atoms with Crippen LogP contribution in [0, 0.1) is 5.92 Å². The van der Waals surface area contributed by atoms with E-state index in [2.05, 4.69) is 27.1 Å². The van der Waals surface area contributed by atoms with Crippen molar-refractivity contribution < 1.29 is 14.7 Å². The second-order valence-corrected chi connectivity index (χ2v) is 7.27. The van der Waals surface area contributed by atoms with Crippen molar-refractivity contribution >= 4 is 17.8 Å². The van der Waals surface area contributed by atoms with Gasteiger partial charge < -0.3 is 15.3 Å². The van der Waals surface area contributed by atoms with Crippen LogP contribution in [-0.2, 0) is 16.1 Å². The van der Waals surface area contributed by atoms with E-state index in [1.165, 1.54) is 0 Å². The molecule has 0 bridgehead atoms. The van der Waals surface area contributed by atoms with Crippen molar-refractivity contribution in [3.8, 4) is 0 Å². The molecule has 2 aliphatic rings. The number of piperidine rings is 1. The first-order valence-corrected chi connectivity index (χ1v) is 9.23. The van der Waals surface area contributed by atoms with Crippen molar-refractivity contribution in [2.75, 3.05) is 32.0 Å². The van der Waals surface area contributed by atoms with Gasteiger partial charge in [0.05, 0.1) is 11.5 Å². The standard InChI is InChI=1S/C18H27N5O3/c1-3-6-19-17-20-10-13(11-21-17)12-23-7-4-18(5-8-23)14(16(25)26)9-15(24)22(18)2/h10-11,14H,3-9,12H2,1-2H3,(H,25,26)(H,19,20,21)/t14-/m0/s1. The minimum atomic E-state index is -0.861. The van der Waals surface area contributed by atoms with Crippen molar-refractivity contribution in [1.82, 2.24) is 19.8 Å². The van der Waals surface area contributed by atoms with Crippen LogP contribution in [0.25, 0.3) is 0 Å². The van der Waals surface area contributed by atoms with Gasteiger partial charge >= 0.3 is 5.97 Å². The lowest BCUT2D eigenvalue weighted by atomic mass is 9.77. The van der Waals surface area contributed by atoms with E-state index < -0.39 is 17.4 Å². The Bertz CT molecular complexity index is 655. The van der Waals surface area contributed by atoms with E-state index in [0.717, 1.165) is 38.2 Å². The van der Waals surface area contributed by atoms with Gasteiger partial charge in [-0.3, -0.25) is 14.5 Å². The number of carbonyl (C=O) groups excluding carboxylic acids is 1. The minimum Gasteiger partial charge on any atom is -0.481 e. The second-order valence-electron chi connectivity index (χ2n) is 7.27. The molecule has 1 aromatic heterocycles. The SMILES string of the molecule is CCCNc1ncc(CN2CCC3(CC2)[C@H](C(=O)O)CC(=O)N3C)cn1. The highest BCUT2D eigenvalue weighted by molar-refractivity contribution is 5.88. The quantitative estimate of drug-likeness (QED) is 0.785. The molecule has 3 heterocycles. The zero-order valence-corrected chi connectivity index (χ0v) is 15.4. The number of aliphatic carboxylic acids is 1. The summed E-state index contributed by atoms with van der Waals surface area (Å²) in [6.45, 7) is 5.20. The van der Waals surface area contributed by atoms with Crippen molar-refractivity contribution in [3.05, 3.63) is 18.0 Å². The third-order valence-electron chi connectivity index (χ3n) is 5.73. The van der Waals surface area contributed by atoms with Gasteiger partial charge in [-0.1, -0.05) is 6.92 Å². The third kappa shape index (κ3) is 3.51. The van der Waals surface area contributed by atoms with Crippen LogP contribution in [0.4, 0.5) is 5.95 Å². The minimum absolute atomic E-state index is 0.0607. The van der Waals surface area contributed by atoms with E-state index >= 15 is 0 Å². The number of amides is 1. The molecule has 1 aromatic rings. The number of nitrogens with one attached hydrogen (secondary N) is 1. The predicted octanol–water partition coefficient (Wildman–Crippen LogP) is 1.20. The van der Waals surface area contributed by atoms with Crippen LogP contribution in [-0.4, -0.2) is 69.0 Å². The monoisotopic (exact) mass is 361 g/mol. The molecule has 142 valence electrons. The highest BCUT2D eigenvalue weighted by atomic mass is 16.4. The van der Waals surface area contributed by atoms with Gasteiger partial charge in [-0.25, -0.2) is 9.97 Å². The lowest BCUT2D eigenvalue weighted by molar-refractivity contribution is -0.146. The number of carboxylic acids is 1. The van der Waals surface area contributed by atoms with Crippen LogP contribution < -0.4 is 5.32 Å². The predicted molar refractivity (Wildman–Crippen MR) is 96.6 cm³/mol. The molecule has 3 rings (SSSR count). The summed E-state index contributed by atoms with van der Waals surface area (Å²) < 4.78 is 0. The number of hydrogen-bond donors (Lipinski definition) is 2. The largest absolute Gasteiger partial charge is 0.481 e. The first kappa shape index (κ1) is 18.6. The Morgan fingerprint density at radius 3 is 2.58 bits per heavy atom. The van der Waals surface area contributed by atoms with E-state index in [-0.39, 0.29) is 12.3 Å². The molecule has 2 N–H and O–H groups in total. The Hall–Kier alpha value is -2.22. The van der Waals surface area contributed by atoms with Crippen molar-refractivity contribution in [2.24, 2.45) is 5.92 Å². The van der Waals surface area contributed by atoms with Crippen LogP contribution in [0.1, 0.15) is 38.2 Å². The number of aromatic nitrogens is 2. The Morgan fingerprint density at radius 2 is 2.00 bits per heavy atom. The maximum atomic E-state index is 12.1. The number of carbonyl (C=O) groups is 2. The van der Waals surface area contributed by atoms with Crippen LogP contribution in [0.2, 0.25) is 0 Å². The van der Waals surface area contributed by atoms with Gasteiger partial charge in [0.1, 0.15) is 0 Å². The van der Waals surface area contributed by atoms with Gasteiger partial charge in [0.15, 0.2) is 0 Å². The summed E-state index contributed by atoms with van der Waals surface area (Å²) in [5.41, 5.74) is 0.498. The average molecular weight is 361 g/mol. The Morgan fingerprint density at radius 1 is 1.35 bits per heavy atom. The van der Waals surface area contributed by atoms with Gasteiger partial charge in [0, 0.05) is 57.6 Å². The molecule has 26 heavy (non-hydrogen) atoms. The molecular weight excluding hydrogens is 334 g/mol. The summed E-state index contributed by atoms with van der Waals surface area (Å²) in [7, 11) is 1.75. The van der Waals surface area contributed by atoms with Gasteiger partial charge in [-0.05, 0) is 19.3 Å². The highest BCUT2D eigenvalue weighted by Gasteiger charge is 2.55.